The molecule has 2 aromatic heterocycles. The largest absolute Gasteiger partial charge is 0.489 e. The van der Waals surface area contributed by atoms with Crippen LogP contribution in [0.1, 0.15) is 10.4 Å². The van der Waals surface area contributed by atoms with Crippen molar-refractivity contribution in [1.82, 2.24) is 25.3 Å². The van der Waals surface area contributed by atoms with Crippen molar-refractivity contribution in [1.29, 1.82) is 0 Å². The number of rotatable bonds is 11. The molecule has 2 aromatic carbocycles. The molecule has 6 rings (SSSR count). The number of methoxy groups -OCH3 is 1. The van der Waals surface area contributed by atoms with Gasteiger partial charge in [-0.15, -0.1) is 0 Å². The third kappa shape index (κ3) is 6.84. The number of nitrogens with one attached hydrogen (secondary N) is 5. The zero-order valence-electron chi connectivity index (χ0n) is 24.4. The zero-order chi connectivity index (χ0) is 31.3. The number of nitrogens with zero attached hydrogens (tertiary/aromatic N) is 3. The number of anilines is 2. The highest BCUT2D eigenvalue weighted by molar-refractivity contribution is 7.98. The maximum atomic E-state index is 13.5. The fourth-order valence-electron chi connectivity index (χ4n) is 5.06. The van der Waals surface area contributed by atoms with Crippen LogP contribution in [0.5, 0.6) is 17.2 Å². The molecule has 15 heteroatoms. The van der Waals surface area contributed by atoms with Crippen molar-refractivity contribution in [3.8, 4) is 17.2 Å². The Balaban J connectivity index is 1.21. The first-order valence-corrected chi connectivity index (χ1v) is 15.1. The van der Waals surface area contributed by atoms with E-state index in [1.54, 1.807) is 24.5 Å². The van der Waals surface area contributed by atoms with E-state index in [4.69, 9.17) is 14.2 Å². The molecule has 0 spiro atoms. The lowest BCUT2D eigenvalue weighted by Crippen LogP contribution is -2.43. The summed E-state index contributed by atoms with van der Waals surface area (Å²) in [7, 11) is 1.50. The summed E-state index contributed by atoms with van der Waals surface area (Å²) in [6, 6.07) is 12.0. The molecule has 0 aliphatic carbocycles. The molecule has 4 aromatic rings. The summed E-state index contributed by atoms with van der Waals surface area (Å²) >= 11 is 0.953. The van der Waals surface area contributed by atoms with Gasteiger partial charge in [0.1, 0.15) is 23.8 Å². The summed E-state index contributed by atoms with van der Waals surface area (Å²) in [5, 5.41) is 22.4. The molecule has 45 heavy (non-hydrogen) atoms. The van der Waals surface area contributed by atoms with Gasteiger partial charge in [0.15, 0.2) is 17.3 Å². The smallest absolute Gasteiger partial charge is 0.297 e. The maximum Gasteiger partial charge on any atom is 0.297 e. The van der Waals surface area contributed by atoms with E-state index < -0.39 is 10.8 Å². The van der Waals surface area contributed by atoms with Gasteiger partial charge in [0.2, 0.25) is 0 Å². The fourth-order valence-corrected chi connectivity index (χ4v) is 5.72. The Morgan fingerprint density at radius 1 is 1.24 bits per heavy atom. The van der Waals surface area contributed by atoms with Crippen LogP contribution in [0.15, 0.2) is 72.2 Å². The molecule has 0 unspecified atom stereocenters. The van der Waals surface area contributed by atoms with Crippen molar-refractivity contribution in [3.05, 3.63) is 83.0 Å². The van der Waals surface area contributed by atoms with E-state index in [9.17, 15) is 14.9 Å². The monoisotopic (exact) mass is 632 g/mol. The van der Waals surface area contributed by atoms with Crippen molar-refractivity contribution in [2.24, 2.45) is 0 Å². The highest BCUT2D eigenvalue weighted by atomic mass is 32.2. The van der Waals surface area contributed by atoms with E-state index in [2.05, 4.69) is 42.1 Å². The Hall–Kier alpha value is -5.15. The molecule has 2 aliphatic heterocycles. The number of ether oxygens (including phenoxy) is 3. The number of amides is 1. The van der Waals surface area contributed by atoms with Crippen molar-refractivity contribution in [2.45, 2.75) is 10.9 Å². The van der Waals surface area contributed by atoms with Gasteiger partial charge in [-0.2, -0.15) is 0 Å². The van der Waals surface area contributed by atoms with Crippen LogP contribution in [0.25, 0.3) is 11.0 Å². The lowest BCUT2D eigenvalue weighted by atomic mass is 10.1. The van der Waals surface area contributed by atoms with Gasteiger partial charge in [-0.05, 0) is 48.9 Å². The van der Waals surface area contributed by atoms with Crippen molar-refractivity contribution >= 4 is 46.0 Å². The zero-order valence-corrected chi connectivity index (χ0v) is 25.2. The minimum absolute atomic E-state index is 0.170. The van der Waals surface area contributed by atoms with Gasteiger partial charge in [-0.25, -0.2) is 4.98 Å². The first-order chi connectivity index (χ1) is 21.9. The number of hydrogen-bond acceptors (Lipinski definition) is 12. The number of carbonyl (C=O) groups excluding carboxylic acids is 1. The molecule has 1 fully saturated rings. The van der Waals surface area contributed by atoms with E-state index in [1.165, 1.54) is 13.2 Å². The molecule has 0 radical (unpaired) electrons. The van der Waals surface area contributed by atoms with Crippen LogP contribution in [0.4, 0.5) is 17.1 Å². The third-order valence-electron chi connectivity index (χ3n) is 7.39. The fraction of sp³-hybridized carbons (Fsp3) is 0.267. The molecule has 0 saturated carbocycles. The summed E-state index contributed by atoms with van der Waals surface area (Å²) in [6.45, 7) is 7.73. The second-order valence-electron chi connectivity index (χ2n) is 10.4. The summed E-state index contributed by atoms with van der Waals surface area (Å²) in [4.78, 5) is 35.1. The predicted octanol–water partition coefficient (Wildman–Crippen LogP) is 3.99. The maximum absolute atomic E-state index is 13.5. The number of hydrogen-bond donors (Lipinski definition) is 5. The van der Waals surface area contributed by atoms with E-state index in [0.29, 0.717) is 40.1 Å². The second kappa shape index (κ2) is 13.2. The van der Waals surface area contributed by atoms with Gasteiger partial charge < -0.3 is 40.0 Å². The van der Waals surface area contributed by atoms with Gasteiger partial charge in [0, 0.05) is 67.0 Å². The van der Waals surface area contributed by atoms with Crippen LogP contribution in [0.3, 0.4) is 0 Å². The van der Waals surface area contributed by atoms with Crippen molar-refractivity contribution < 1.29 is 23.9 Å². The minimum Gasteiger partial charge on any atom is -0.489 e. The number of aromatic nitrogens is 2. The first-order valence-electron chi connectivity index (χ1n) is 14.2. The highest BCUT2D eigenvalue weighted by Gasteiger charge is 2.28. The van der Waals surface area contributed by atoms with E-state index in [1.807, 2.05) is 24.3 Å². The van der Waals surface area contributed by atoms with Crippen LogP contribution in [-0.4, -0.2) is 73.3 Å². The lowest BCUT2D eigenvalue weighted by Gasteiger charge is -2.30. The molecular weight excluding hydrogens is 600 g/mol. The van der Waals surface area contributed by atoms with Gasteiger partial charge in [-0.3, -0.25) is 19.6 Å². The van der Waals surface area contributed by atoms with Crippen LogP contribution in [-0.2, 0) is 4.74 Å². The minimum atomic E-state index is -0.485. The molecule has 14 nitrogen and oxygen atoms in total. The number of aromatic amines is 1. The molecular formula is C30H32N8O6S. The summed E-state index contributed by atoms with van der Waals surface area (Å²) in [5.74, 6) is 1.11. The molecule has 1 atom stereocenters. The number of nitro benzene ring substituents is 1. The van der Waals surface area contributed by atoms with Gasteiger partial charge in [0.05, 0.1) is 29.8 Å². The van der Waals surface area contributed by atoms with Crippen molar-refractivity contribution in [2.75, 3.05) is 56.7 Å². The van der Waals surface area contributed by atoms with E-state index in [0.717, 1.165) is 54.8 Å². The number of benzene rings is 2. The highest BCUT2D eigenvalue weighted by Crippen LogP contribution is 2.41. The predicted molar refractivity (Wildman–Crippen MR) is 171 cm³/mol. The molecule has 234 valence electrons. The molecule has 1 saturated heterocycles. The normalized spacial score (nSPS) is 15.8. The SMILES string of the molecule is C=C(NC[C@H]1COc2cc(SNC(=O)c3ccc(N4CCNCC4)cc3Oc3cnc4[nH]ccc4c3)cc([N+](=O)[O-])c2N1)OC. The Morgan fingerprint density at radius 2 is 2.09 bits per heavy atom. The number of nitro groups is 1. The van der Waals surface area contributed by atoms with Crippen molar-refractivity contribution in [3.63, 3.8) is 0 Å². The Labute approximate surface area is 262 Å². The standard InChI is InChI=1S/C30H32N8O6S/c1-18(42-2)33-15-20-17-43-27-14-23(13-25(38(40)41)28(27)35-20)45-36-30(39)24-4-3-21(37-9-7-31-8-10-37)12-26(24)44-22-11-19-5-6-32-29(19)34-16-22/h3-6,11-14,16,20,31,33,35H,1,7-10,15,17H2,2H3,(H,32,34)(H,36,39)/t20-/m0/s1. The molecule has 5 N–H and O–H groups in total. The Kier molecular flexibility index (Phi) is 8.79. The van der Waals surface area contributed by atoms with Gasteiger partial charge in [-0.1, -0.05) is 0 Å². The number of fused-ring (bicyclic) bond motifs is 2. The van der Waals surface area contributed by atoms with Crippen LogP contribution >= 0.6 is 11.9 Å². The quantitative estimate of drug-likeness (QED) is 0.0699. The Morgan fingerprint density at radius 3 is 2.89 bits per heavy atom. The van der Waals surface area contributed by atoms with Crippen LogP contribution in [0, 0.1) is 10.1 Å². The Bertz CT molecular complexity index is 1740. The summed E-state index contributed by atoms with van der Waals surface area (Å²) in [5.41, 5.74) is 2.06. The molecule has 4 heterocycles. The number of pyridine rings is 1. The van der Waals surface area contributed by atoms with E-state index >= 15 is 0 Å². The number of H-pyrrole nitrogens is 1. The van der Waals surface area contributed by atoms with E-state index in [-0.39, 0.29) is 24.0 Å². The first kappa shape index (κ1) is 29.9. The topological polar surface area (TPSA) is 168 Å². The van der Waals surface area contributed by atoms with Crippen LogP contribution in [0.2, 0.25) is 0 Å². The third-order valence-corrected chi connectivity index (χ3v) is 8.15. The summed E-state index contributed by atoms with van der Waals surface area (Å²) < 4.78 is 19.9. The summed E-state index contributed by atoms with van der Waals surface area (Å²) in [6.07, 6.45) is 3.39. The molecule has 0 bridgehead atoms. The number of piperazine rings is 1. The van der Waals surface area contributed by atoms with Gasteiger partial charge in [0.25, 0.3) is 11.6 Å². The second-order valence-corrected chi connectivity index (χ2v) is 11.3. The average Bonchev–Trinajstić information content (AvgIpc) is 3.54. The molecule has 2 aliphatic rings. The van der Waals surface area contributed by atoms with Gasteiger partial charge >= 0.3 is 0 Å². The number of carbonyl (C=O) groups is 1. The molecule has 1 amide bonds. The average molecular weight is 633 g/mol. The van der Waals surface area contributed by atoms with Crippen LogP contribution < -0.4 is 35.0 Å². The lowest BCUT2D eigenvalue weighted by molar-refractivity contribution is -0.384.